The van der Waals surface area contributed by atoms with E-state index in [0.29, 0.717) is 29.2 Å². The molecule has 0 aliphatic carbocycles. The van der Waals surface area contributed by atoms with Crippen LogP contribution >= 0.6 is 11.6 Å². The summed E-state index contributed by atoms with van der Waals surface area (Å²) in [5.41, 5.74) is 0.0215. The molecule has 0 saturated carbocycles. The van der Waals surface area contributed by atoms with Crippen LogP contribution in [0.2, 0.25) is 5.02 Å². The summed E-state index contributed by atoms with van der Waals surface area (Å²) >= 11 is 6.10. The summed E-state index contributed by atoms with van der Waals surface area (Å²) in [6.07, 6.45) is 2.00. The summed E-state index contributed by atoms with van der Waals surface area (Å²) in [6.45, 7) is 0.149. The van der Waals surface area contributed by atoms with Crippen LogP contribution in [0.4, 0.5) is 10.5 Å². The number of anilines is 1. The number of carbonyl (C=O) groups is 1. The molecule has 0 radical (unpaired) electrons. The standard InChI is InChI=1S/C15H16ClN3O3/c16-11-3-4-12(10-2-1-6-17-13(10)11)18-14(21)19-7-5-15(22,8-19)9-20/h1-4,6,20,22H,5,7-9H2,(H,18,21)/t15-/m1/s1. The first-order chi connectivity index (χ1) is 10.5. The molecule has 0 bridgehead atoms. The summed E-state index contributed by atoms with van der Waals surface area (Å²) in [5, 5.41) is 23.2. The van der Waals surface area contributed by atoms with Gasteiger partial charge >= 0.3 is 6.03 Å². The number of amides is 2. The molecule has 3 N–H and O–H groups in total. The van der Waals surface area contributed by atoms with Crippen molar-refractivity contribution >= 4 is 34.2 Å². The molecule has 1 aromatic heterocycles. The van der Waals surface area contributed by atoms with Gasteiger partial charge in [0.1, 0.15) is 5.60 Å². The second-order valence-corrected chi connectivity index (χ2v) is 5.89. The van der Waals surface area contributed by atoms with Crippen LogP contribution in [0.3, 0.4) is 0 Å². The second-order valence-electron chi connectivity index (χ2n) is 5.48. The normalized spacial score (nSPS) is 21.3. The molecule has 116 valence electrons. The Bertz CT molecular complexity index is 724. The first-order valence-corrected chi connectivity index (χ1v) is 7.33. The Morgan fingerprint density at radius 1 is 1.45 bits per heavy atom. The molecule has 1 fully saturated rings. The Morgan fingerprint density at radius 3 is 3.00 bits per heavy atom. The van der Waals surface area contributed by atoms with E-state index in [4.69, 9.17) is 16.7 Å². The van der Waals surface area contributed by atoms with Crippen LogP contribution < -0.4 is 5.32 Å². The van der Waals surface area contributed by atoms with E-state index in [1.807, 2.05) is 6.07 Å². The molecular formula is C15H16ClN3O3. The summed E-state index contributed by atoms with van der Waals surface area (Å²) in [5.74, 6) is 0. The minimum Gasteiger partial charge on any atom is -0.393 e. The van der Waals surface area contributed by atoms with E-state index >= 15 is 0 Å². The van der Waals surface area contributed by atoms with E-state index in [0.717, 1.165) is 5.39 Å². The van der Waals surface area contributed by atoms with E-state index in [1.54, 1.807) is 24.4 Å². The number of pyridine rings is 1. The molecule has 6 nitrogen and oxygen atoms in total. The molecule has 7 heteroatoms. The second kappa shape index (κ2) is 5.72. The number of nitrogens with zero attached hydrogens (tertiary/aromatic N) is 2. The van der Waals surface area contributed by atoms with Crippen molar-refractivity contribution in [2.45, 2.75) is 12.0 Å². The molecule has 0 unspecified atom stereocenters. The lowest BCUT2D eigenvalue weighted by molar-refractivity contribution is -0.00245. The van der Waals surface area contributed by atoms with Crippen LogP contribution in [0.25, 0.3) is 10.9 Å². The van der Waals surface area contributed by atoms with E-state index in [2.05, 4.69) is 10.3 Å². The lowest BCUT2D eigenvalue weighted by Gasteiger charge is -2.21. The summed E-state index contributed by atoms with van der Waals surface area (Å²) in [6, 6.07) is 6.68. The third-order valence-corrected chi connectivity index (χ3v) is 4.18. The molecular weight excluding hydrogens is 306 g/mol. The molecule has 2 aromatic rings. The van der Waals surface area contributed by atoms with Crippen molar-refractivity contribution in [3.05, 3.63) is 35.5 Å². The van der Waals surface area contributed by atoms with Crippen LogP contribution in [0, 0.1) is 0 Å². The highest BCUT2D eigenvalue weighted by Gasteiger charge is 2.37. The van der Waals surface area contributed by atoms with Gasteiger partial charge in [0.15, 0.2) is 0 Å². The quantitative estimate of drug-likeness (QED) is 0.788. The molecule has 1 aliphatic rings. The number of urea groups is 1. The zero-order chi connectivity index (χ0) is 15.7. The van der Waals surface area contributed by atoms with Gasteiger partial charge in [-0.25, -0.2) is 4.79 Å². The van der Waals surface area contributed by atoms with Gasteiger partial charge in [0.25, 0.3) is 0 Å². The maximum absolute atomic E-state index is 12.3. The minimum atomic E-state index is -1.21. The number of β-amino-alcohol motifs (C(OH)–C–C–N with tert-alkyl or cyclic N) is 1. The van der Waals surface area contributed by atoms with Gasteiger partial charge in [0.2, 0.25) is 0 Å². The zero-order valence-corrected chi connectivity index (χ0v) is 12.5. The molecule has 1 saturated heterocycles. The van der Waals surface area contributed by atoms with Gasteiger partial charge in [-0.2, -0.15) is 0 Å². The Hall–Kier alpha value is -1.89. The van der Waals surface area contributed by atoms with Gasteiger partial charge in [0.05, 0.1) is 29.4 Å². The molecule has 1 aliphatic heterocycles. The van der Waals surface area contributed by atoms with Crippen LogP contribution in [-0.4, -0.2) is 51.4 Å². The Kier molecular flexibility index (Phi) is 3.90. The number of hydrogen-bond acceptors (Lipinski definition) is 4. The number of halogens is 1. The van der Waals surface area contributed by atoms with E-state index in [9.17, 15) is 9.90 Å². The first-order valence-electron chi connectivity index (χ1n) is 6.95. The molecule has 2 amide bonds. The van der Waals surface area contributed by atoms with Crippen molar-refractivity contribution in [3.8, 4) is 0 Å². The summed E-state index contributed by atoms with van der Waals surface area (Å²) < 4.78 is 0. The highest BCUT2D eigenvalue weighted by atomic mass is 35.5. The van der Waals surface area contributed by atoms with Crippen LogP contribution in [0.15, 0.2) is 30.5 Å². The van der Waals surface area contributed by atoms with Crippen molar-refractivity contribution in [3.63, 3.8) is 0 Å². The van der Waals surface area contributed by atoms with Crippen LogP contribution in [0.5, 0.6) is 0 Å². The fourth-order valence-electron chi connectivity index (χ4n) is 2.60. The van der Waals surface area contributed by atoms with Crippen molar-refractivity contribution in [2.24, 2.45) is 0 Å². The van der Waals surface area contributed by atoms with Crippen LogP contribution in [-0.2, 0) is 0 Å². The van der Waals surface area contributed by atoms with Crippen molar-refractivity contribution in [1.29, 1.82) is 0 Å². The molecule has 1 atom stereocenters. The topological polar surface area (TPSA) is 85.7 Å². The van der Waals surface area contributed by atoms with E-state index in [-0.39, 0.29) is 19.2 Å². The smallest absolute Gasteiger partial charge is 0.321 e. The van der Waals surface area contributed by atoms with Gasteiger partial charge in [-0.1, -0.05) is 11.6 Å². The number of rotatable bonds is 2. The number of hydrogen-bond donors (Lipinski definition) is 3. The zero-order valence-electron chi connectivity index (χ0n) is 11.8. The Morgan fingerprint density at radius 2 is 2.27 bits per heavy atom. The van der Waals surface area contributed by atoms with Gasteiger partial charge in [-0.05, 0) is 30.7 Å². The van der Waals surface area contributed by atoms with Gasteiger partial charge in [-0.3, -0.25) is 4.98 Å². The van der Waals surface area contributed by atoms with E-state index < -0.39 is 5.60 Å². The SMILES string of the molecule is O=C(Nc1ccc(Cl)c2ncccc12)N1CC[C@](O)(CO)C1. The van der Waals surface area contributed by atoms with Crippen LogP contribution in [0.1, 0.15) is 6.42 Å². The molecule has 3 rings (SSSR count). The molecule has 2 heterocycles. The summed E-state index contributed by atoms with van der Waals surface area (Å²) in [4.78, 5) is 18.0. The Labute approximate surface area is 132 Å². The largest absolute Gasteiger partial charge is 0.393 e. The number of carbonyl (C=O) groups excluding carboxylic acids is 1. The van der Waals surface area contributed by atoms with Gasteiger partial charge < -0.3 is 20.4 Å². The third-order valence-electron chi connectivity index (χ3n) is 3.88. The average Bonchev–Trinajstić information content (AvgIpc) is 2.94. The molecule has 0 spiro atoms. The lowest BCUT2D eigenvalue weighted by Crippen LogP contribution is -2.40. The van der Waals surface area contributed by atoms with Crippen molar-refractivity contribution < 1.29 is 15.0 Å². The van der Waals surface area contributed by atoms with Crippen molar-refractivity contribution in [2.75, 3.05) is 25.0 Å². The number of aliphatic hydroxyl groups is 2. The minimum absolute atomic E-state index is 0.110. The van der Waals surface area contributed by atoms with Gasteiger partial charge in [0, 0.05) is 18.1 Å². The third kappa shape index (κ3) is 2.72. The summed E-state index contributed by atoms with van der Waals surface area (Å²) in [7, 11) is 0. The highest BCUT2D eigenvalue weighted by Crippen LogP contribution is 2.29. The highest BCUT2D eigenvalue weighted by molar-refractivity contribution is 6.35. The number of aromatic nitrogens is 1. The van der Waals surface area contributed by atoms with Crippen molar-refractivity contribution in [1.82, 2.24) is 9.88 Å². The fraction of sp³-hybridized carbons (Fsp3) is 0.333. The fourth-order valence-corrected chi connectivity index (χ4v) is 2.81. The number of nitrogens with one attached hydrogen (secondary N) is 1. The predicted molar refractivity (Wildman–Crippen MR) is 84.0 cm³/mol. The predicted octanol–water partition coefficient (Wildman–Crippen LogP) is 1.85. The van der Waals surface area contributed by atoms with E-state index in [1.165, 1.54) is 4.90 Å². The lowest BCUT2D eigenvalue weighted by atomic mass is 10.1. The number of fused-ring (bicyclic) bond motifs is 1. The van der Waals surface area contributed by atoms with Gasteiger partial charge in [-0.15, -0.1) is 0 Å². The Balaban J connectivity index is 1.82. The first kappa shape index (κ1) is 15.0. The number of aliphatic hydroxyl groups excluding tert-OH is 1. The molecule has 22 heavy (non-hydrogen) atoms. The maximum Gasteiger partial charge on any atom is 0.321 e. The number of benzene rings is 1. The number of likely N-dealkylation sites (tertiary alicyclic amines) is 1. The molecule has 1 aromatic carbocycles. The average molecular weight is 322 g/mol. The monoisotopic (exact) mass is 321 g/mol. The maximum atomic E-state index is 12.3.